The van der Waals surface area contributed by atoms with Crippen molar-refractivity contribution < 1.29 is 4.79 Å². The highest BCUT2D eigenvalue weighted by Crippen LogP contribution is 2.30. The standard InChI is InChI=1S/C14H19ClN2O/c1-9-3-2-4-10(9)8-17-14(18)11-5-12(15)7-13(16)6-11/h5-7,9-10H,2-4,8,16H2,1H3,(H,17,18). The number of carbonyl (C=O) groups is 1. The van der Waals surface area contributed by atoms with Crippen molar-refractivity contribution in [1.29, 1.82) is 0 Å². The first-order valence-corrected chi connectivity index (χ1v) is 6.78. The average molecular weight is 267 g/mol. The highest BCUT2D eigenvalue weighted by atomic mass is 35.5. The van der Waals surface area contributed by atoms with Crippen molar-refractivity contribution in [2.45, 2.75) is 26.2 Å². The van der Waals surface area contributed by atoms with Crippen LogP contribution >= 0.6 is 11.6 Å². The topological polar surface area (TPSA) is 55.1 Å². The largest absolute Gasteiger partial charge is 0.399 e. The van der Waals surface area contributed by atoms with Crippen LogP contribution in [-0.2, 0) is 0 Å². The highest BCUT2D eigenvalue weighted by molar-refractivity contribution is 6.31. The summed E-state index contributed by atoms with van der Waals surface area (Å²) in [6, 6.07) is 4.93. The van der Waals surface area contributed by atoms with Gasteiger partial charge in [0.15, 0.2) is 0 Å². The Labute approximate surface area is 113 Å². The molecule has 18 heavy (non-hydrogen) atoms. The van der Waals surface area contributed by atoms with Gasteiger partial charge in [0.1, 0.15) is 0 Å². The van der Waals surface area contributed by atoms with E-state index in [-0.39, 0.29) is 5.91 Å². The van der Waals surface area contributed by atoms with Gasteiger partial charge in [-0.1, -0.05) is 31.4 Å². The molecule has 1 aliphatic rings. The molecule has 3 nitrogen and oxygen atoms in total. The fraction of sp³-hybridized carbons (Fsp3) is 0.500. The summed E-state index contributed by atoms with van der Waals surface area (Å²) < 4.78 is 0. The van der Waals surface area contributed by atoms with Gasteiger partial charge < -0.3 is 11.1 Å². The van der Waals surface area contributed by atoms with E-state index < -0.39 is 0 Å². The molecule has 0 bridgehead atoms. The number of hydrogen-bond donors (Lipinski definition) is 2. The molecule has 0 aromatic heterocycles. The minimum absolute atomic E-state index is 0.0942. The van der Waals surface area contributed by atoms with Crippen LogP contribution in [0.1, 0.15) is 36.5 Å². The molecule has 1 fully saturated rings. The van der Waals surface area contributed by atoms with Gasteiger partial charge in [0.2, 0.25) is 0 Å². The molecular formula is C14H19ClN2O. The van der Waals surface area contributed by atoms with Crippen molar-refractivity contribution in [1.82, 2.24) is 5.32 Å². The summed E-state index contributed by atoms with van der Waals surface area (Å²) in [6.07, 6.45) is 3.75. The Bertz CT molecular complexity index is 427. The minimum atomic E-state index is -0.0942. The second kappa shape index (κ2) is 5.61. The quantitative estimate of drug-likeness (QED) is 0.826. The van der Waals surface area contributed by atoms with Crippen LogP contribution in [0.3, 0.4) is 0 Å². The van der Waals surface area contributed by atoms with Crippen LogP contribution in [0.4, 0.5) is 5.69 Å². The third-order valence-electron chi connectivity index (χ3n) is 3.75. The number of anilines is 1. The molecule has 4 heteroatoms. The van der Waals surface area contributed by atoms with Crippen LogP contribution in [0.15, 0.2) is 18.2 Å². The van der Waals surface area contributed by atoms with E-state index in [0.717, 1.165) is 6.54 Å². The van der Waals surface area contributed by atoms with Gasteiger partial charge in [-0.25, -0.2) is 0 Å². The number of halogens is 1. The van der Waals surface area contributed by atoms with E-state index >= 15 is 0 Å². The normalized spacial score (nSPS) is 23.0. The fourth-order valence-corrected chi connectivity index (χ4v) is 2.84. The summed E-state index contributed by atoms with van der Waals surface area (Å²) in [5.74, 6) is 1.21. The van der Waals surface area contributed by atoms with E-state index in [9.17, 15) is 4.79 Å². The molecule has 3 N–H and O–H groups in total. The molecule has 0 saturated heterocycles. The summed E-state index contributed by atoms with van der Waals surface area (Å²) in [4.78, 5) is 12.0. The van der Waals surface area contributed by atoms with Crippen LogP contribution < -0.4 is 11.1 Å². The Kier molecular flexibility index (Phi) is 4.12. The SMILES string of the molecule is CC1CCCC1CNC(=O)c1cc(N)cc(Cl)c1. The van der Waals surface area contributed by atoms with E-state index in [1.807, 2.05) is 0 Å². The van der Waals surface area contributed by atoms with Crippen LogP contribution in [0.25, 0.3) is 0 Å². The lowest BCUT2D eigenvalue weighted by atomic mass is 9.98. The van der Waals surface area contributed by atoms with Crippen molar-refractivity contribution in [3.63, 3.8) is 0 Å². The van der Waals surface area contributed by atoms with Gasteiger partial charge in [0, 0.05) is 22.8 Å². The predicted molar refractivity (Wildman–Crippen MR) is 74.7 cm³/mol. The summed E-state index contributed by atoms with van der Waals surface area (Å²) >= 11 is 5.88. The van der Waals surface area contributed by atoms with Crippen LogP contribution in [0.5, 0.6) is 0 Å². The first kappa shape index (κ1) is 13.2. The number of nitrogens with one attached hydrogen (secondary N) is 1. The van der Waals surface area contributed by atoms with Crippen molar-refractivity contribution >= 4 is 23.2 Å². The number of nitrogens with two attached hydrogens (primary N) is 1. The monoisotopic (exact) mass is 266 g/mol. The van der Waals surface area contributed by atoms with Crippen LogP contribution in [0.2, 0.25) is 5.02 Å². The lowest BCUT2D eigenvalue weighted by Gasteiger charge is -2.16. The van der Waals surface area contributed by atoms with Gasteiger partial charge in [-0.3, -0.25) is 4.79 Å². The van der Waals surface area contributed by atoms with E-state index in [1.54, 1.807) is 18.2 Å². The average Bonchev–Trinajstić information content (AvgIpc) is 2.70. The number of carbonyl (C=O) groups excluding carboxylic acids is 1. The maximum absolute atomic E-state index is 12.0. The molecule has 2 unspecified atom stereocenters. The van der Waals surface area contributed by atoms with E-state index in [0.29, 0.717) is 28.1 Å². The lowest BCUT2D eigenvalue weighted by Crippen LogP contribution is -2.30. The third kappa shape index (κ3) is 3.16. The Morgan fingerprint density at radius 1 is 1.44 bits per heavy atom. The maximum Gasteiger partial charge on any atom is 0.251 e. The molecule has 0 aliphatic heterocycles. The van der Waals surface area contributed by atoms with Gasteiger partial charge in [-0.05, 0) is 36.5 Å². The van der Waals surface area contributed by atoms with E-state index in [1.165, 1.54) is 19.3 Å². The molecular weight excluding hydrogens is 248 g/mol. The van der Waals surface area contributed by atoms with Crippen molar-refractivity contribution in [2.75, 3.05) is 12.3 Å². The molecule has 1 aliphatic carbocycles. The fourth-order valence-electron chi connectivity index (χ4n) is 2.59. The van der Waals surface area contributed by atoms with Crippen LogP contribution in [-0.4, -0.2) is 12.5 Å². The minimum Gasteiger partial charge on any atom is -0.399 e. The molecule has 2 rings (SSSR count). The zero-order chi connectivity index (χ0) is 13.1. The molecule has 1 aromatic carbocycles. The predicted octanol–water partition coefficient (Wildman–Crippen LogP) is 3.09. The maximum atomic E-state index is 12.0. The van der Waals surface area contributed by atoms with Crippen molar-refractivity contribution in [3.05, 3.63) is 28.8 Å². The Morgan fingerprint density at radius 3 is 2.83 bits per heavy atom. The summed E-state index contributed by atoms with van der Waals surface area (Å²) in [5, 5.41) is 3.47. The first-order valence-electron chi connectivity index (χ1n) is 6.40. The van der Waals surface area contributed by atoms with Gasteiger partial charge in [0.05, 0.1) is 0 Å². The summed E-state index contributed by atoms with van der Waals surface area (Å²) in [7, 11) is 0. The second-order valence-corrected chi connectivity index (χ2v) is 5.59. The number of hydrogen-bond acceptors (Lipinski definition) is 2. The van der Waals surface area contributed by atoms with E-state index in [4.69, 9.17) is 17.3 Å². The van der Waals surface area contributed by atoms with Gasteiger partial charge in [0.25, 0.3) is 5.91 Å². The smallest absolute Gasteiger partial charge is 0.251 e. The van der Waals surface area contributed by atoms with Gasteiger partial charge in [-0.15, -0.1) is 0 Å². The number of amides is 1. The molecule has 1 aromatic rings. The highest BCUT2D eigenvalue weighted by Gasteiger charge is 2.23. The molecule has 2 atom stereocenters. The Balaban J connectivity index is 1.95. The lowest BCUT2D eigenvalue weighted by molar-refractivity contribution is 0.0944. The summed E-state index contributed by atoms with van der Waals surface area (Å²) in [6.45, 7) is 2.99. The third-order valence-corrected chi connectivity index (χ3v) is 3.96. The molecule has 0 radical (unpaired) electrons. The van der Waals surface area contributed by atoms with Crippen LogP contribution in [0, 0.1) is 11.8 Å². The van der Waals surface area contributed by atoms with Gasteiger partial charge in [-0.2, -0.15) is 0 Å². The van der Waals surface area contributed by atoms with Gasteiger partial charge >= 0.3 is 0 Å². The number of nitrogen functional groups attached to an aromatic ring is 1. The molecule has 98 valence electrons. The molecule has 0 heterocycles. The van der Waals surface area contributed by atoms with E-state index in [2.05, 4.69) is 12.2 Å². The zero-order valence-electron chi connectivity index (χ0n) is 10.6. The Hall–Kier alpha value is -1.22. The van der Waals surface area contributed by atoms with Crippen molar-refractivity contribution in [3.8, 4) is 0 Å². The molecule has 0 spiro atoms. The zero-order valence-corrected chi connectivity index (χ0v) is 11.3. The molecule has 1 saturated carbocycles. The Morgan fingerprint density at radius 2 is 2.22 bits per heavy atom. The number of rotatable bonds is 3. The first-order chi connectivity index (χ1) is 8.56. The second-order valence-electron chi connectivity index (χ2n) is 5.15. The summed E-state index contributed by atoms with van der Waals surface area (Å²) in [5.41, 5.74) is 6.72. The number of benzene rings is 1. The van der Waals surface area contributed by atoms with Crippen molar-refractivity contribution in [2.24, 2.45) is 11.8 Å². The molecule has 1 amide bonds.